The predicted octanol–water partition coefficient (Wildman–Crippen LogP) is 11.1. The van der Waals surface area contributed by atoms with Crippen LogP contribution in [-0.2, 0) is 14.3 Å². The Hall–Kier alpha value is -1.33. The monoisotopic (exact) mass is 838 g/mol. The fourth-order valence-electron chi connectivity index (χ4n) is 8.00. The van der Waals surface area contributed by atoms with Crippen molar-refractivity contribution >= 4 is 5.91 Å². The van der Waals surface area contributed by atoms with Crippen molar-refractivity contribution in [1.29, 1.82) is 0 Å². The Morgan fingerprint density at radius 2 is 0.966 bits per heavy atom. The first-order valence-electron chi connectivity index (χ1n) is 25.1. The molecule has 59 heavy (non-hydrogen) atoms. The molecule has 0 aromatic carbocycles. The average molecular weight is 838 g/mol. The number of hydrogen-bond acceptors (Lipinski definition) is 8. The minimum Gasteiger partial charge on any atom is -0.394 e. The van der Waals surface area contributed by atoms with Crippen LogP contribution in [0.25, 0.3) is 0 Å². The molecule has 9 heteroatoms. The fourth-order valence-corrected chi connectivity index (χ4v) is 8.00. The van der Waals surface area contributed by atoms with Gasteiger partial charge in [0.1, 0.15) is 24.4 Å². The number of aliphatic hydroxyl groups is 5. The van der Waals surface area contributed by atoms with Gasteiger partial charge in [-0.2, -0.15) is 0 Å². The number of allylic oxidation sites excluding steroid dienone is 3. The molecule has 1 heterocycles. The largest absolute Gasteiger partial charge is 0.394 e. The van der Waals surface area contributed by atoms with Gasteiger partial charge in [-0.15, -0.1) is 0 Å². The van der Waals surface area contributed by atoms with Gasteiger partial charge in [0, 0.05) is 6.42 Å². The average Bonchev–Trinajstić information content (AvgIpc) is 3.23. The summed E-state index contributed by atoms with van der Waals surface area (Å²) in [7, 11) is 0. The third-order valence-electron chi connectivity index (χ3n) is 12.0. The van der Waals surface area contributed by atoms with Crippen molar-refractivity contribution in [3.63, 3.8) is 0 Å². The molecule has 1 saturated heterocycles. The molecule has 9 nitrogen and oxygen atoms in total. The summed E-state index contributed by atoms with van der Waals surface area (Å²) < 4.78 is 11.2. The lowest BCUT2D eigenvalue weighted by Crippen LogP contribution is -2.60. The molecule has 1 aliphatic heterocycles. The normalized spacial score (nSPS) is 20.8. The molecule has 1 aliphatic rings. The zero-order chi connectivity index (χ0) is 43.0. The van der Waals surface area contributed by atoms with Gasteiger partial charge in [0.25, 0.3) is 0 Å². The van der Waals surface area contributed by atoms with E-state index in [-0.39, 0.29) is 12.5 Å². The quantitative estimate of drug-likeness (QED) is 0.0263. The van der Waals surface area contributed by atoms with Crippen molar-refractivity contribution in [2.45, 2.75) is 275 Å². The zero-order valence-corrected chi connectivity index (χ0v) is 38.3. The zero-order valence-electron chi connectivity index (χ0n) is 38.3. The van der Waals surface area contributed by atoms with Crippen LogP contribution >= 0.6 is 0 Å². The second-order valence-electron chi connectivity index (χ2n) is 17.6. The summed E-state index contributed by atoms with van der Waals surface area (Å²) in [6, 6.07) is -0.815. The molecule has 0 aromatic rings. The summed E-state index contributed by atoms with van der Waals surface area (Å²) in [6.07, 6.45) is 42.7. The van der Waals surface area contributed by atoms with Crippen molar-refractivity contribution in [1.82, 2.24) is 5.32 Å². The van der Waals surface area contributed by atoms with Crippen LogP contribution in [0.1, 0.15) is 232 Å². The smallest absolute Gasteiger partial charge is 0.220 e. The van der Waals surface area contributed by atoms with Crippen LogP contribution in [0.4, 0.5) is 0 Å². The Labute approximate surface area is 362 Å². The maximum atomic E-state index is 12.8. The Balaban J connectivity index is 2.19. The number of nitrogens with one attached hydrogen (secondary N) is 1. The number of carbonyl (C=O) groups excluding carboxylic acids is 1. The molecular weight excluding hydrogens is 743 g/mol. The summed E-state index contributed by atoms with van der Waals surface area (Å²) in [4.78, 5) is 12.8. The number of rotatable bonds is 42. The van der Waals surface area contributed by atoms with Crippen LogP contribution in [0.2, 0.25) is 0 Å². The summed E-state index contributed by atoms with van der Waals surface area (Å²) >= 11 is 0. The van der Waals surface area contributed by atoms with Gasteiger partial charge in [-0.3, -0.25) is 4.79 Å². The second-order valence-corrected chi connectivity index (χ2v) is 17.6. The molecule has 0 bridgehead atoms. The molecule has 7 atom stereocenters. The molecular formula is C50H95NO8. The highest BCUT2D eigenvalue weighted by Crippen LogP contribution is 2.23. The lowest BCUT2D eigenvalue weighted by atomic mass is 9.99. The molecule has 0 aliphatic carbocycles. The maximum absolute atomic E-state index is 12.8. The van der Waals surface area contributed by atoms with Gasteiger partial charge in [0.15, 0.2) is 6.29 Å². The SMILES string of the molecule is CCCCCCCCCCCCCCCCCCCCCCCC/C=C/CC/C=C/C(O)C(COC1OC(CO)C(O)C(O)C1O)NC(=O)CCCCCCCCCC. The van der Waals surface area contributed by atoms with Crippen molar-refractivity contribution in [3.8, 4) is 0 Å². The lowest BCUT2D eigenvalue weighted by Gasteiger charge is -2.40. The third-order valence-corrected chi connectivity index (χ3v) is 12.0. The molecule has 1 rings (SSSR count). The van der Waals surface area contributed by atoms with Gasteiger partial charge in [-0.1, -0.05) is 218 Å². The van der Waals surface area contributed by atoms with E-state index >= 15 is 0 Å². The van der Waals surface area contributed by atoms with E-state index in [1.807, 2.05) is 6.08 Å². The number of unbranched alkanes of at least 4 members (excludes halogenated alkanes) is 30. The summed E-state index contributed by atoms with van der Waals surface area (Å²) in [6.45, 7) is 3.73. The van der Waals surface area contributed by atoms with Crippen molar-refractivity contribution in [3.05, 3.63) is 24.3 Å². The molecule has 7 unspecified atom stereocenters. The summed E-state index contributed by atoms with van der Waals surface area (Å²) in [5, 5.41) is 54.0. The lowest BCUT2D eigenvalue weighted by molar-refractivity contribution is -0.302. The molecule has 1 fully saturated rings. The van der Waals surface area contributed by atoms with Crippen molar-refractivity contribution in [2.75, 3.05) is 13.2 Å². The molecule has 6 N–H and O–H groups in total. The highest BCUT2D eigenvalue weighted by molar-refractivity contribution is 5.76. The van der Waals surface area contributed by atoms with Crippen LogP contribution in [0.15, 0.2) is 24.3 Å². The molecule has 0 saturated carbocycles. The van der Waals surface area contributed by atoms with Crippen LogP contribution < -0.4 is 5.32 Å². The second kappa shape index (κ2) is 40.7. The minimum atomic E-state index is -1.57. The molecule has 348 valence electrons. The number of amides is 1. The molecule has 1 amide bonds. The van der Waals surface area contributed by atoms with Crippen LogP contribution in [0.3, 0.4) is 0 Å². The van der Waals surface area contributed by atoms with E-state index < -0.39 is 49.5 Å². The van der Waals surface area contributed by atoms with Crippen molar-refractivity contribution < 1.29 is 39.8 Å². The first-order valence-corrected chi connectivity index (χ1v) is 25.1. The van der Waals surface area contributed by atoms with Crippen LogP contribution in [0.5, 0.6) is 0 Å². The summed E-state index contributed by atoms with van der Waals surface area (Å²) in [5.74, 6) is -0.191. The Morgan fingerprint density at radius 1 is 0.559 bits per heavy atom. The number of carbonyl (C=O) groups is 1. The fraction of sp³-hybridized carbons (Fsp3) is 0.900. The van der Waals surface area contributed by atoms with Gasteiger partial charge in [-0.05, 0) is 32.1 Å². The topological polar surface area (TPSA) is 149 Å². The van der Waals surface area contributed by atoms with Gasteiger partial charge in [0.05, 0.1) is 25.4 Å². The first kappa shape index (κ1) is 55.7. The van der Waals surface area contributed by atoms with E-state index in [0.29, 0.717) is 6.42 Å². The van der Waals surface area contributed by atoms with Gasteiger partial charge in [-0.25, -0.2) is 0 Å². The van der Waals surface area contributed by atoms with Gasteiger partial charge in [0.2, 0.25) is 5.91 Å². The van der Waals surface area contributed by atoms with Crippen LogP contribution in [-0.4, -0.2) is 87.5 Å². The van der Waals surface area contributed by atoms with Gasteiger partial charge < -0.3 is 40.3 Å². The third kappa shape index (κ3) is 31.2. The predicted molar refractivity (Wildman–Crippen MR) is 244 cm³/mol. The summed E-state index contributed by atoms with van der Waals surface area (Å²) in [5.41, 5.74) is 0. The van der Waals surface area contributed by atoms with E-state index in [9.17, 15) is 30.3 Å². The Kier molecular flexibility index (Phi) is 38.4. The van der Waals surface area contributed by atoms with Crippen LogP contribution in [0, 0.1) is 0 Å². The van der Waals surface area contributed by atoms with Crippen molar-refractivity contribution in [2.24, 2.45) is 0 Å². The molecule has 0 aromatic heterocycles. The minimum absolute atomic E-state index is 0.191. The van der Waals surface area contributed by atoms with E-state index in [4.69, 9.17) is 9.47 Å². The number of aliphatic hydroxyl groups excluding tert-OH is 5. The van der Waals surface area contributed by atoms with E-state index in [2.05, 4.69) is 31.3 Å². The molecule has 0 radical (unpaired) electrons. The number of ether oxygens (including phenoxy) is 2. The highest BCUT2D eigenvalue weighted by atomic mass is 16.7. The number of hydrogen-bond donors (Lipinski definition) is 6. The van der Waals surface area contributed by atoms with E-state index in [1.54, 1.807) is 6.08 Å². The molecule has 0 spiro atoms. The first-order chi connectivity index (χ1) is 28.8. The van der Waals surface area contributed by atoms with Gasteiger partial charge >= 0.3 is 0 Å². The maximum Gasteiger partial charge on any atom is 0.220 e. The van der Waals surface area contributed by atoms with E-state index in [1.165, 1.54) is 173 Å². The highest BCUT2D eigenvalue weighted by Gasteiger charge is 2.44. The standard InChI is InChI=1S/C50H95NO8/c1-3-5-7-9-11-13-14-15-16-17-18-19-20-21-22-23-24-25-26-27-28-29-30-31-32-33-35-37-39-44(53)43(51-46(54)40-38-36-34-12-10-8-6-4-2)42-58-50-49(57)48(56)47(55)45(41-52)59-50/h31-32,37,39,43-45,47-50,52-53,55-57H,3-30,33-36,38,40-42H2,1-2H3,(H,51,54)/b32-31+,39-37+. The Bertz CT molecular complexity index is 977. The Morgan fingerprint density at radius 3 is 1.42 bits per heavy atom. The van der Waals surface area contributed by atoms with E-state index in [0.717, 1.165) is 38.5 Å².